The van der Waals surface area contributed by atoms with Crippen molar-refractivity contribution in [2.75, 3.05) is 6.54 Å². The Morgan fingerprint density at radius 1 is 1.53 bits per heavy atom. The third kappa shape index (κ3) is 3.13. The van der Waals surface area contributed by atoms with Crippen LogP contribution in [0.5, 0.6) is 0 Å². The zero-order valence-electron chi connectivity index (χ0n) is 11.6. The van der Waals surface area contributed by atoms with E-state index in [1.807, 2.05) is 25.6 Å². The molecule has 1 aliphatic heterocycles. The predicted octanol–water partition coefficient (Wildman–Crippen LogP) is 0.759. The largest absolute Gasteiger partial charge is 0.479 e. The van der Waals surface area contributed by atoms with E-state index in [2.05, 4.69) is 10.4 Å². The van der Waals surface area contributed by atoms with Crippen molar-refractivity contribution in [3.05, 3.63) is 17.0 Å². The van der Waals surface area contributed by atoms with Crippen LogP contribution in [0.2, 0.25) is 0 Å². The maximum atomic E-state index is 10.8. The molecular weight excluding hydrogens is 246 g/mol. The topological polar surface area (TPSA) is 76.4 Å². The van der Waals surface area contributed by atoms with Crippen LogP contribution in [-0.2, 0) is 23.1 Å². The molecule has 1 aliphatic rings. The van der Waals surface area contributed by atoms with E-state index in [0.717, 1.165) is 24.4 Å². The number of nitrogens with one attached hydrogen (secondary N) is 1. The number of hydrogen-bond acceptors (Lipinski definition) is 4. The first-order valence-electron chi connectivity index (χ1n) is 6.57. The van der Waals surface area contributed by atoms with Crippen molar-refractivity contribution in [1.29, 1.82) is 0 Å². The highest BCUT2D eigenvalue weighted by Gasteiger charge is 2.30. The van der Waals surface area contributed by atoms with Crippen LogP contribution in [0.1, 0.15) is 29.8 Å². The summed E-state index contributed by atoms with van der Waals surface area (Å²) in [6.45, 7) is 5.46. The van der Waals surface area contributed by atoms with E-state index in [-0.39, 0.29) is 6.10 Å². The minimum Gasteiger partial charge on any atom is -0.479 e. The van der Waals surface area contributed by atoms with Gasteiger partial charge in [0.25, 0.3) is 0 Å². The average Bonchev–Trinajstić information content (AvgIpc) is 2.90. The number of carbonyl (C=O) groups is 1. The van der Waals surface area contributed by atoms with E-state index < -0.39 is 12.1 Å². The summed E-state index contributed by atoms with van der Waals surface area (Å²) in [6.07, 6.45) is 0.772. The van der Waals surface area contributed by atoms with E-state index >= 15 is 0 Å². The average molecular weight is 267 g/mol. The molecule has 2 heterocycles. The van der Waals surface area contributed by atoms with Gasteiger partial charge in [-0.1, -0.05) is 0 Å². The molecule has 2 N–H and O–H groups in total. The van der Waals surface area contributed by atoms with Crippen molar-refractivity contribution < 1.29 is 14.6 Å². The molecule has 106 valence electrons. The normalized spacial score (nSPS) is 22.9. The lowest BCUT2D eigenvalue weighted by molar-refractivity contribution is -0.149. The molecule has 0 bridgehead atoms. The Labute approximate surface area is 112 Å². The van der Waals surface area contributed by atoms with Gasteiger partial charge in [0, 0.05) is 31.4 Å². The van der Waals surface area contributed by atoms with Crippen LogP contribution >= 0.6 is 0 Å². The monoisotopic (exact) mass is 267 g/mol. The summed E-state index contributed by atoms with van der Waals surface area (Å²) in [4.78, 5) is 10.8. The number of aryl methyl sites for hydroxylation is 2. The number of nitrogens with zero attached hydrogens (tertiary/aromatic N) is 2. The van der Waals surface area contributed by atoms with E-state index in [1.165, 1.54) is 5.56 Å². The maximum absolute atomic E-state index is 10.8. The molecule has 0 aromatic carbocycles. The number of aliphatic carboxylic acids is 1. The van der Waals surface area contributed by atoms with Crippen LogP contribution in [0, 0.1) is 13.8 Å². The Bertz CT molecular complexity index is 470. The molecular formula is C13H21N3O3. The number of aromatic nitrogens is 2. The molecule has 0 spiro atoms. The fraction of sp³-hybridized carbons (Fsp3) is 0.692. The number of carboxylic acid groups (broad SMARTS) is 1. The smallest absolute Gasteiger partial charge is 0.332 e. The van der Waals surface area contributed by atoms with Gasteiger partial charge in [-0.05, 0) is 26.7 Å². The van der Waals surface area contributed by atoms with Crippen LogP contribution < -0.4 is 5.32 Å². The van der Waals surface area contributed by atoms with Gasteiger partial charge >= 0.3 is 5.97 Å². The van der Waals surface area contributed by atoms with Crippen molar-refractivity contribution in [3.8, 4) is 0 Å². The zero-order chi connectivity index (χ0) is 14.0. The SMILES string of the molecule is Cc1nn(C)c(C)c1CNCC1CCC(C(=O)O)O1. The number of rotatable bonds is 5. The van der Waals surface area contributed by atoms with Crippen LogP contribution in [0.25, 0.3) is 0 Å². The van der Waals surface area contributed by atoms with Crippen molar-refractivity contribution in [2.24, 2.45) is 7.05 Å². The van der Waals surface area contributed by atoms with Gasteiger partial charge in [0.2, 0.25) is 0 Å². The van der Waals surface area contributed by atoms with Crippen LogP contribution in [0.3, 0.4) is 0 Å². The van der Waals surface area contributed by atoms with Crippen molar-refractivity contribution in [1.82, 2.24) is 15.1 Å². The molecule has 2 atom stereocenters. The lowest BCUT2D eigenvalue weighted by atomic mass is 10.1. The second-order valence-electron chi connectivity index (χ2n) is 5.07. The van der Waals surface area contributed by atoms with Gasteiger partial charge in [-0.2, -0.15) is 5.10 Å². The summed E-state index contributed by atoms with van der Waals surface area (Å²) in [7, 11) is 1.93. The molecule has 1 fully saturated rings. The Morgan fingerprint density at radius 3 is 2.79 bits per heavy atom. The quantitative estimate of drug-likeness (QED) is 0.823. The summed E-state index contributed by atoms with van der Waals surface area (Å²) in [5, 5.41) is 16.5. The highest BCUT2D eigenvalue weighted by molar-refractivity contribution is 5.72. The van der Waals surface area contributed by atoms with E-state index in [9.17, 15) is 4.79 Å². The Kier molecular flexibility index (Phi) is 4.21. The molecule has 1 aromatic rings. The van der Waals surface area contributed by atoms with Gasteiger partial charge < -0.3 is 15.2 Å². The fourth-order valence-electron chi connectivity index (χ4n) is 2.47. The number of ether oxygens (including phenoxy) is 1. The van der Waals surface area contributed by atoms with Gasteiger partial charge in [0.1, 0.15) is 0 Å². The van der Waals surface area contributed by atoms with Gasteiger partial charge in [0.15, 0.2) is 6.10 Å². The van der Waals surface area contributed by atoms with E-state index in [1.54, 1.807) is 0 Å². The summed E-state index contributed by atoms with van der Waals surface area (Å²) in [6, 6.07) is 0. The highest BCUT2D eigenvalue weighted by Crippen LogP contribution is 2.19. The molecule has 6 nitrogen and oxygen atoms in total. The molecule has 19 heavy (non-hydrogen) atoms. The maximum Gasteiger partial charge on any atom is 0.332 e. The molecule has 1 saturated heterocycles. The molecule has 6 heteroatoms. The Balaban J connectivity index is 1.80. The molecule has 2 unspecified atom stereocenters. The standard InChI is InChI=1S/C13H21N3O3/c1-8-11(9(2)16(3)15-8)7-14-6-10-4-5-12(19-10)13(17)18/h10,12,14H,4-7H2,1-3H3,(H,17,18). The zero-order valence-corrected chi connectivity index (χ0v) is 11.6. The Morgan fingerprint density at radius 2 is 2.26 bits per heavy atom. The molecule has 0 saturated carbocycles. The fourth-order valence-corrected chi connectivity index (χ4v) is 2.47. The lowest BCUT2D eigenvalue weighted by Crippen LogP contribution is -2.28. The summed E-state index contributed by atoms with van der Waals surface area (Å²) in [5.74, 6) is -0.860. The third-order valence-electron chi connectivity index (χ3n) is 3.72. The number of hydrogen-bond donors (Lipinski definition) is 2. The van der Waals surface area contributed by atoms with Crippen LogP contribution in [0.4, 0.5) is 0 Å². The molecule has 0 radical (unpaired) electrons. The second kappa shape index (κ2) is 5.71. The predicted molar refractivity (Wildman–Crippen MR) is 69.9 cm³/mol. The summed E-state index contributed by atoms with van der Waals surface area (Å²) in [5.41, 5.74) is 3.39. The minimum absolute atomic E-state index is 0.00150. The first kappa shape index (κ1) is 14.0. The van der Waals surface area contributed by atoms with Crippen LogP contribution in [-0.4, -0.2) is 39.6 Å². The van der Waals surface area contributed by atoms with Crippen molar-refractivity contribution >= 4 is 5.97 Å². The van der Waals surface area contributed by atoms with E-state index in [0.29, 0.717) is 13.0 Å². The van der Waals surface area contributed by atoms with Gasteiger partial charge in [-0.3, -0.25) is 4.68 Å². The lowest BCUT2D eigenvalue weighted by Gasteiger charge is -2.12. The molecule has 0 amide bonds. The van der Waals surface area contributed by atoms with E-state index in [4.69, 9.17) is 9.84 Å². The molecule has 0 aliphatic carbocycles. The molecule has 2 rings (SSSR count). The summed E-state index contributed by atoms with van der Waals surface area (Å²) < 4.78 is 7.32. The van der Waals surface area contributed by atoms with Gasteiger partial charge in [-0.25, -0.2) is 4.79 Å². The second-order valence-corrected chi connectivity index (χ2v) is 5.07. The summed E-state index contributed by atoms with van der Waals surface area (Å²) >= 11 is 0. The number of carboxylic acids is 1. The minimum atomic E-state index is -0.860. The van der Waals surface area contributed by atoms with Gasteiger partial charge in [0.05, 0.1) is 11.8 Å². The van der Waals surface area contributed by atoms with Gasteiger partial charge in [-0.15, -0.1) is 0 Å². The first-order chi connectivity index (χ1) is 8.99. The molecule has 1 aromatic heterocycles. The third-order valence-corrected chi connectivity index (χ3v) is 3.72. The Hall–Kier alpha value is -1.40. The van der Waals surface area contributed by atoms with Crippen molar-refractivity contribution in [3.63, 3.8) is 0 Å². The first-order valence-corrected chi connectivity index (χ1v) is 6.57. The highest BCUT2D eigenvalue weighted by atomic mass is 16.5. The van der Waals surface area contributed by atoms with Crippen LogP contribution in [0.15, 0.2) is 0 Å². The van der Waals surface area contributed by atoms with Crippen molar-refractivity contribution in [2.45, 2.75) is 45.4 Å².